The summed E-state index contributed by atoms with van der Waals surface area (Å²) in [6.45, 7) is 0. The van der Waals surface area contributed by atoms with Crippen LogP contribution < -0.4 is 11.3 Å². The summed E-state index contributed by atoms with van der Waals surface area (Å²) in [5.41, 5.74) is 2.02. The van der Waals surface area contributed by atoms with Crippen LogP contribution >= 0.6 is 0 Å². The summed E-state index contributed by atoms with van der Waals surface area (Å²) in [4.78, 5) is 26.2. The number of nitrogens with two attached hydrogens (primary N) is 1. The maximum atomic E-state index is 11.4. The Kier molecular flexibility index (Phi) is 2.82. The van der Waals surface area contributed by atoms with Gasteiger partial charge in [0.05, 0.1) is 5.52 Å². The number of carbonyl (C=O) groups excluding carboxylic acids is 2. The normalized spacial score (nSPS) is 10.3. The first kappa shape index (κ1) is 11.8. The van der Waals surface area contributed by atoms with E-state index in [0.29, 0.717) is 11.7 Å². The number of hydrogen-bond donors (Lipinski definition) is 4. The lowest BCUT2D eigenvalue weighted by atomic mass is 10.1. The minimum absolute atomic E-state index is 0.0375. The quantitative estimate of drug-likeness (QED) is 0.195. The van der Waals surface area contributed by atoms with Gasteiger partial charge in [-0.3, -0.25) is 15.0 Å². The number of nitrogens with one attached hydrogen (secondary N) is 1. The molecule has 0 unspecified atom stereocenters. The molecule has 0 aliphatic rings. The second-order valence-corrected chi connectivity index (χ2v) is 3.55. The Labute approximate surface area is 101 Å². The predicted octanol–water partition coefficient (Wildman–Crippen LogP) is 0.0620. The van der Waals surface area contributed by atoms with E-state index >= 15 is 0 Å². The molecule has 92 valence electrons. The fraction of sp³-hybridized carbons (Fsp3) is 0. The molecule has 2 rings (SSSR count). The number of fused-ring (bicyclic) bond motifs is 1. The molecule has 0 bridgehead atoms. The topological polar surface area (TPSA) is 126 Å². The molecule has 1 amide bonds. The first-order valence-electron chi connectivity index (χ1n) is 4.89. The van der Waals surface area contributed by atoms with E-state index in [1.54, 1.807) is 0 Å². The first-order chi connectivity index (χ1) is 8.56. The zero-order chi connectivity index (χ0) is 13.3. The van der Waals surface area contributed by atoms with Crippen LogP contribution in [-0.2, 0) is 0 Å². The number of benzene rings is 1. The lowest BCUT2D eigenvalue weighted by Gasteiger charge is -2.06. The SMILES string of the molecule is NNC(=O)c1nc2cc(O)c(O)cc2cc1C=O. The molecule has 0 atom stereocenters. The molecular formula is C11H9N3O4. The largest absolute Gasteiger partial charge is 0.504 e. The van der Waals surface area contributed by atoms with Gasteiger partial charge < -0.3 is 10.2 Å². The van der Waals surface area contributed by atoms with Crippen LogP contribution in [0.5, 0.6) is 11.5 Å². The Balaban J connectivity index is 2.77. The molecule has 18 heavy (non-hydrogen) atoms. The molecular weight excluding hydrogens is 238 g/mol. The Bertz CT molecular complexity index is 654. The fourth-order valence-corrected chi connectivity index (χ4v) is 1.56. The van der Waals surface area contributed by atoms with Crippen molar-refractivity contribution in [2.75, 3.05) is 0 Å². The van der Waals surface area contributed by atoms with Crippen molar-refractivity contribution in [2.24, 2.45) is 5.84 Å². The lowest BCUT2D eigenvalue weighted by Crippen LogP contribution is -2.31. The van der Waals surface area contributed by atoms with Crippen LogP contribution in [0.1, 0.15) is 20.8 Å². The summed E-state index contributed by atoms with van der Waals surface area (Å²) in [7, 11) is 0. The molecule has 1 heterocycles. The molecule has 0 spiro atoms. The van der Waals surface area contributed by atoms with Crippen molar-refractivity contribution in [1.82, 2.24) is 10.4 Å². The van der Waals surface area contributed by atoms with E-state index in [1.807, 2.05) is 5.43 Å². The fourth-order valence-electron chi connectivity index (χ4n) is 1.56. The summed E-state index contributed by atoms with van der Waals surface area (Å²) in [5.74, 6) is 3.56. The molecule has 0 radical (unpaired) electrons. The van der Waals surface area contributed by atoms with Crippen LogP contribution in [-0.4, -0.2) is 27.4 Å². The molecule has 1 aromatic carbocycles. The highest BCUT2D eigenvalue weighted by Crippen LogP contribution is 2.29. The number of aromatic hydroxyl groups is 2. The van der Waals surface area contributed by atoms with Gasteiger partial charge in [-0.2, -0.15) is 0 Å². The summed E-state index contributed by atoms with van der Waals surface area (Å²) < 4.78 is 0. The van der Waals surface area contributed by atoms with E-state index in [2.05, 4.69) is 4.98 Å². The van der Waals surface area contributed by atoms with Crippen molar-refractivity contribution in [3.63, 3.8) is 0 Å². The van der Waals surface area contributed by atoms with Crippen LogP contribution in [0.3, 0.4) is 0 Å². The minimum atomic E-state index is -0.716. The van der Waals surface area contributed by atoms with Crippen LogP contribution in [0, 0.1) is 0 Å². The van der Waals surface area contributed by atoms with Crippen molar-refractivity contribution >= 4 is 23.1 Å². The third kappa shape index (κ3) is 1.82. The standard InChI is InChI=1S/C11H9N3O4/c12-14-11(18)10-6(4-15)1-5-2-8(16)9(17)3-7(5)13-10/h1-4,16-17H,12H2,(H,14,18). The molecule has 0 fully saturated rings. The van der Waals surface area contributed by atoms with Crippen molar-refractivity contribution in [3.05, 3.63) is 29.5 Å². The minimum Gasteiger partial charge on any atom is -0.504 e. The number of phenolic OH excluding ortho intramolecular Hbond substituents is 2. The van der Waals surface area contributed by atoms with Gasteiger partial charge in [0, 0.05) is 17.0 Å². The third-order valence-corrected chi connectivity index (χ3v) is 2.41. The van der Waals surface area contributed by atoms with Crippen molar-refractivity contribution in [2.45, 2.75) is 0 Å². The first-order valence-corrected chi connectivity index (χ1v) is 4.89. The molecule has 7 heteroatoms. The molecule has 0 saturated carbocycles. The highest BCUT2D eigenvalue weighted by molar-refractivity contribution is 6.02. The van der Waals surface area contributed by atoms with Crippen molar-refractivity contribution in [3.8, 4) is 11.5 Å². The van der Waals surface area contributed by atoms with Gasteiger partial charge in [0.1, 0.15) is 5.69 Å². The lowest BCUT2D eigenvalue weighted by molar-refractivity contribution is 0.0943. The maximum Gasteiger partial charge on any atom is 0.284 e. The average molecular weight is 247 g/mol. The van der Waals surface area contributed by atoms with E-state index in [1.165, 1.54) is 18.2 Å². The summed E-state index contributed by atoms with van der Waals surface area (Å²) in [5, 5.41) is 19.1. The Hall–Kier alpha value is -2.67. The van der Waals surface area contributed by atoms with Gasteiger partial charge in [-0.05, 0) is 12.1 Å². The average Bonchev–Trinajstić information content (AvgIpc) is 2.38. The number of amides is 1. The number of rotatable bonds is 2. The second-order valence-electron chi connectivity index (χ2n) is 3.55. The van der Waals surface area contributed by atoms with E-state index in [-0.39, 0.29) is 28.3 Å². The van der Waals surface area contributed by atoms with E-state index < -0.39 is 5.91 Å². The van der Waals surface area contributed by atoms with Crippen LogP contribution in [0.15, 0.2) is 18.2 Å². The zero-order valence-electron chi connectivity index (χ0n) is 9.04. The van der Waals surface area contributed by atoms with E-state index in [9.17, 15) is 19.8 Å². The molecule has 0 saturated heterocycles. The number of hydrogen-bond acceptors (Lipinski definition) is 6. The number of pyridine rings is 1. The summed E-state index contributed by atoms with van der Waals surface area (Å²) in [6.07, 6.45) is 0.459. The number of nitrogen functional groups attached to an aromatic ring is 1. The summed E-state index contributed by atoms with van der Waals surface area (Å²) >= 11 is 0. The Morgan fingerprint density at radius 2 is 1.94 bits per heavy atom. The second kappa shape index (κ2) is 4.30. The number of aromatic nitrogens is 1. The zero-order valence-corrected chi connectivity index (χ0v) is 9.04. The third-order valence-electron chi connectivity index (χ3n) is 2.41. The number of aldehydes is 1. The van der Waals surface area contributed by atoms with Gasteiger partial charge in [-0.25, -0.2) is 10.8 Å². The van der Waals surface area contributed by atoms with Gasteiger partial charge in [0.2, 0.25) is 0 Å². The van der Waals surface area contributed by atoms with E-state index in [0.717, 1.165) is 0 Å². The van der Waals surface area contributed by atoms with Crippen LogP contribution in [0.25, 0.3) is 10.9 Å². The van der Waals surface area contributed by atoms with Gasteiger partial charge in [-0.1, -0.05) is 0 Å². The Morgan fingerprint density at radius 1 is 1.28 bits per heavy atom. The molecule has 0 aliphatic carbocycles. The molecule has 2 aromatic rings. The maximum absolute atomic E-state index is 11.4. The number of carbonyl (C=O) groups is 2. The van der Waals surface area contributed by atoms with Crippen LogP contribution in [0.4, 0.5) is 0 Å². The van der Waals surface area contributed by atoms with E-state index in [4.69, 9.17) is 5.84 Å². The summed E-state index contributed by atoms with van der Waals surface area (Å²) in [6, 6.07) is 3.81. The number of nitrogens with zero attached hydrogens (tertiary/aromatic N) is 1. The number of hydrazine groups is 1. The molecule has 0 aliphatic heterocycles. The highest BCUT2D eigenvalue weighted by atomic mass is 16.3. The van der Waals surface area contributed by atoms with Gasteiger partial charge in [0.15, 0.2) is 17.8 Å². The molecule has 5 N–H and O–H groups in total. The molecule has 7 nitrogen and oxygen atoms in total. The smallest absolute Gasteiger partial charge is 0.284 e. The van der Waals surface area contributed by atoms with Crippen molar-refractivity contribution in [1.29, 1.82) is 0 Å². The van der Waals surface area contributed by atoms with Gasteiger partial charge in [-0.15, -0.1) is 0 Å². The van der Waals surface area contributed by atoms with Gasteiger partial charge >= 0.3 is 0 Å². The predicted molar refractivity (Wildman–Crippen MR) is 62.1 cm³/mol. The van der Waals surface area contributed by atoms with Crippen molar-refractivity contribution < 1.29 is 19.8 Å². The van der Waals surface area contributed by atoms with Gasteiger partial charge in [0.25, 0.3) is 5.91 Å². The monoisotopic (exact) mass is 247 g/mol. The number of phenols is 2. The highest BCUT2D eigenvalue weighted by Gasteiger charge is 2.14. The molecule has 1 aromatic heterocycles. The Morgan fingerprint density at radius 3 is 2.56 bits per heavy atom. The van der Waals surface area contributed by atoms with Crippen LogP contribution in [0.2, 0.25) is 0 Å².